The SMILES string of the molecule is COc1ccc(OC)c2[nH]c(C(=O)N[C@H](C)C(=O)Nc3nc(C)cs3)cc12. The van der Waals surface area contributed by atoms with E-state index in [4.69, 9.17) is 9.47 Å². The van der Waals surface area contributed by atoms with Gasteiger partial charge in [0.25, 0.3) is 5.91 Å². The third-order valence-corrected chi connectivity index (χ3v) is 4.87. The number of carbonyl (C=O) groups is 2. The lowest BCUT2D eigenvalue weighted by Crippen LogP contribution is -2.41. The third kappa shape index (κ3) is 3.87. The summed E-state index contributed by atoms with van der Waals surface area (Å²) in [5.74, 6) is 0.457. The molecule has 3 aromatic rings. The first-order chi connectivity index (χ1) is 12.9. The minimum Gasteiger partial charge on any atom is -0.496 e. The molecule has 1 aromatic carbocycles. The molecule has 0 saturated carbocycles. The Bertz CT molecular complexity index is 954. The number of hydrogen-bond acceptors (Lipinski definition) is 6. The number of rotatable bonds is 6. The van der Waals surface area contributed by atoms with Crippen LogP contribution < -0.4 is 20.1 Å². The lowest BCUT2D eigenvalue weighted by Gasteiger charge is -2.12. The van der Waals surface area contributed by atoms with Crippen LogP contribution in [-0.4, -0.2) is 42.0 Å². The number of nitrogens with zero attached hydrogens (tertiary/aromatic N) is 1. The van der Waals surface area contributed by atoms with Crippen molar-refractivity contribution in [1.29, 1.82) is 0 Å². The maximum absolute atomic E-state index is 12.6. The van der Waals surface area contributed by atoms with Crippen LogP contribution in [0.5, 0.6) is 11.5 Å². The number of amides is 2. The van der Waals surface area contributed by atoms with Crippen molar-refractivity contribution in [3.8, 4) is 11.5 Å². The topological polar surface area (TPSA) is 105 Å². The number of aromatic nitrogens is 2. The van der Waals surface area contributed by atoms with Crippen molar-refractivity contribution in [2.45, 2.75) is 19.9 Å². The van der Waals surface area contributed by atoms with Gasteiger partial charge in [-0.2, -0.15) is 0 Å². The first-order valence-electron chi connectivity index (χ1n) is 8.20. The first-order valence-corrected chi connectivity index (χ1v) is 9.08. The third-order valence-electron chi connectivity index (χ3n) is 3.99. The van der Waals surface area contributed by atoms with Gasteiger partial charge in [0.2, 0.25) is 5.91 Å². The number of aromatic amines is 1. The Kier molecular flexibility index (Phi) is 5.31. The van der Waals surface area contributed by atoms with Gasteiger partial charge in [0.15, 0.2) is 5.13 Å². The molecule has 3 rings (SSSR count). The fourth-order valence-corrected chi connectivity index (χ4v) is 3.29. The largest absolute Gasteiger partial charge is 0.496 e. The number of carbonyl (C=O) groups excluding carboxylic acids is 2. The molecule has 1 atom stereocenters. The van der Waals surface area contributed by atoms with Crippen molar-refractivity contribution in [3.63, 3.8) is 0 Å². The first kappa shape index (κ1) is 18.7. The second kappa shape index (κ2) is 7.67. The fraction of sp³-hybridized carbons (Fsp3) is 0.278. The summed E-state index contributed by atoms with van der Waals surface area (Å²) in [6, 6.07) is 4.45. The highest BCUT2D eigenvalue weighted by molar-refractivity contribution is 7.13. The van der Waals surface area contributed by atoms with Crippen molar-refractivity contribution in [1.82, 2.24) is 15.3 Å². The molecule has 9 heteroatoms. The Morgan fingerprint density at radius 2 is 1.93 bits per heavy atom. The minimum absolute atomic E-state index is 0.303. The van der Waals surface area contributed by atoms with Crippen molar-refractivity contribution in [2.75, 3.05) is 19.5 Å². The maximum atomic E-state index is 12.6. The maximum Gasteiger partial charge on any atom is 0.268 e. The molecule has 2 aromatic heterocycles. The lowest BCUT2D eigenvalue weighted by molar-refractivity contribution is -0.117. The number of anilines is 1. The van der Waals surface area contributed by atoms with Crippen molar-refractivity contribution in [3.05, 3.63) is 35.0 Å². The number of thiazole rings is 1. The Balaban J connectivity index is 1.76. The Morgan fingerprint density at radius 3 is 2.56 bits per heavy atom. The van der Waals surface area contributed by atoms with Crippen LogP contribution in [0, 0.1) is 6.92 Å². The van der Waals surface area contributed by atoms with Crippen LogP contribution in [0.3, 0.4) is 0 Å². The molecule has 0 saturated heterocycles. The molecule has 0 aliphatic carbocycles. The van der Waals surface area contributed by atoms with E-state index in [0.29, 0.717) is 27.8 Å². The fourth-order valence-electron chi connectivity index (χ4n) is 2.60. The van der Waals surface area contributed by atoms with Gasteiger partial charge in [-0.05, 0) is 32.0 Å². The van der Waals surface area contributed by atoms with Crippen LogP contribution in [0.4, 0.5) is 5.13 Å². The lowest BCUT2D eigenvalue weighted by atomic mass is 10.2. The molecule has 3 N–H and O–H groups in total. The van der Waals surface area contributed by atoms with Gasteiger partial charge >= 0.3 is 0 Å². The normalized spacial score (nSPS) is 11.9. The summed E-state index contributed by atoms with van der Waals surface area (Å²) in [4.78, 5) is 32.0. The molecule has 27 heavy (non-hydrogen) atoms. The van der Waals surface area contributed by atoms with E-state index in [1.807, 2.05) is 12.3 Å². The van der Waals surface area contributed by atoms with Gasteiger partial charge in [-0.15, -0.1) is 11.3 Å². The average Bonchev–Trinajstić information content (AvgIpc) is 3.27. The smallest absolute Gasteiger partial charge is 0.268 e. The molecule has 0 bridgehead atoms. The predicted octanol–water partition coefficient (Wildman–Crippen LogP) is 2.71. The molecule has 8 nitrogen and oxygen atoms in total. The molecule has 2 heterocycles. The second-order valence-corrected chi connectivity index (χ2v) is 6.78. The van der Waals surface area contributed by atoms with Gasteiger partial charge in [0.05, 0.1) is 25.4 Å². The zero-order chi connectivity index (χ0) is 19.6. The summed E-state index contributed by atoms with van der Waals surface area (Å²) in [7, 11) is 3.11. The standard InChI is InChI=1S/C18H20N4O4S/c1-9-8-27-18(19-9)22-16(23)10(2)20-17(24)12-7-11-13(25-3)5-6-14(26-4)15(11)21-12/h5-8,10,21H,1-4H3,(H,20,24)(H,19,22,23)/t10-/m1/s1. The van der Waals surface area contributed by atoms with Gasteiger partial charge in [0, 0.05) is 10.8 Å². The Morgan fingerprint density at radius 1 is 1.22 bits per heavy atom. The number of H-pyrrole nitrogens is 1. The molecular weight excluding hydrogens is 368 g/mol. The molecule has 0 unspecified atom stereocenters. The molecule has 0 aliphatic rings. The Hall–Kier alpha value is -3.07. The molecular formula is C18H20N4O4S. The molecule has 2 amide bonds. The van der Waals surface area contributed by atoms with E-state index in [1.54, 1.807) is 39.3 Å². The molecule has 0 spiro atoms. The van der Waals surface area contributed by atoms with Gasteiger partial charge in [0.1, 0.15) is 23.2 Å². The summed E-state index contributed by atoms with van der Waals surface area (Å²) in [6.07, 6.45) is 0. The van der Waals surface area contributed by atoms with Crippen molar-refractivity contribution in [2.24, 2.45) is 0 Å². The van der Waals surface area contributed by atoms with Crippen LogP contribution in [-0.2, 0) is 4.79 Å². The summed E-state index contributed by atoms with van der Waals surface area (Å²) < 4.78 is 10.6. The van der Waals surface area contributed by atoms with E-state index in [9.17, 15) is 9.59 Å². The second-order valence-electron chi connectivity index (χ2n) is 5.92. The molecule has 142 valence electrons. The molecule has 0 fully saturated rings. The van der Waals surface area contributed by atoms with E-state index < -0.39 is 11.9 Å². The number of aryl methyl sites for hydroxylation is 1. The highest BCUT2D eigenvalue weighted by Gasteiger charge is 2.20. The quantitative estimate of drug-likeness (QED) is 0.602. The van der Waals surface area contributed by atoms with Crippen LogP contribution in [0.15, 0.2) is 23.6 Å². The van der Waals surface area contributed by atoms with Gasteiger partial charge in [-0.3, -0.25) is 9.59 Å². The molecule has 0 radical (unpaired) electrons. The van der Waals surface area contributed by atoms with E-state index in [-0.39, 0.29) is 5.91 Å². The van der Waals surface area contributed by atoms with E-state index in [2.05, 4.69) is 20.6 Å². The van der Waals surface area contributed by atoms with Crippen LogP contribution in [0.2, 0.25) is 0 Å². The predicted molar refractivity (Wildman–Crippen MR) is 104 cm³/mol. The number of fused-ring (bicyclic) bond motifs is 1. The monoisotopic (exact) mass is 388 g/mol. The highest BCUT2D eigenvalue weighted by atomic mass is 32.1. The summed E-state index contributed by atoms with van der Waals surface area (Å²) >= 11 is 1.33. The summed E-state index contributed by atoms with van der Waals surface area (Å²) in [5.41, 5.74) is 1.78. The average molecular weight is 388 g/mol. The Labute approximate surface area is 159 Å². The van der Waals surface area contributed by atoms with E-state index in [1.165, 1.54) is 11.3 Å². The van der Waals surface area contributed by atoms with Crippen LogP contribution >= 0.6 is 11.3 Å². The zero-order valence-electron chi connectivity index (χ0n) is 15.4. The molecule has 0 aliphatic heterocycles. The van der Waals surface area contributed by atoms with E-state index >= 15 is 0 Å². The van der Waals surface area contributed by atoms with Gasteiger partial charge in [-0.25, -0.2) is 4.98 Å². The van der Waals surface area contributed by atoms with Crippen LogP contribution in [0.25, 0.3) is 10.9 Å². The summed E-state index contributed by atoms with van der Waals surface area (Å²) in [6.45, 7) is 3.45. The van der Waals surface area contributed by atoms with Crippen molar-refractivity contribution < 1.29 is 19.1 Å². The van der Waals surface area contributed by atoms with Crippen molar-refractivity contribution >= 4 is 39.2 Å². The van der Waals surface area contributed by atoms with Gasteiger partial charge < -0.3 is 25.1 Å². The number of ether oxygens (including phenoxy) is 2. The number of nitrogens with one attached hydrogen (secondary N) is 3. The minimum atomic E-state index is -0.739. The number of methoxy groups -OCH3 is 2. The van der Waals surface area contributed by atoms with Gasteiger partial charge in [-0.1, -0.05) is 0 Å². The highest BCUT2D eigenvalue weighted by Crippen LogP contribution is 2.33. The number of benzene rings is 1. The number of hydrogen-bond donors (Lipinski definition) is 3. The van der Waals surface area contributed by atoms with E-state index in [0.717, 1.165) is 11.1 Å². The summed E-state index contributed by atoms with van der Waals surface area (Å²) in [5, 5.41) is 8.41. The zero-order valence-corrected chi connectivity index (χ0v) is 16.2. The van der Waals surface area contributed by atoms with Crippen LogP contribution in [0.1, 0.15) is 23.1 Å².